The first-order valence-corrected chi connectivity index (χ1v) is 20.6. The number of hydrogen-bond donors (Lipinski definition) is 1. The molecule has 5 aromatic rings. The van der Waals surface area contributed by atoms with Crippen molar-refractivity contribution in [1.82, 2.24) is 0 Å². The summed E-state index contributed by atoms with van der Waals surface area (Å²) in [5.41, 5.74) is 4.48. The van der Waals surface area contributed by atoms with E-state index in [9.17, 15) is 27.9 Å². The van der Waals surface area contributed by atoms with Crippen molar-refractivity contribution in [2.45, 2.75) is 11.5 Å². The largest absolute Gasteiger partial charge is 0.493 e. The second-order valence-corrected chi connectivity index (χ2v) is 16.2. The molecule has 0 radical (unpaired) electrons. The van der Waals surface area contributed by atoms with E-state index in [1.807, 2.05) is 73.6 Å². The number of fused-ring (bicyclic) bond motifs is 2. The van der Waals surface area contributed by atoms with E-state index in [0.29, 0.717) is 5.56 Å². The quantitative estimate of drug-likeness (QED) is 0.0386. The van der Waals surface area contributed by atoms with Crippen LogP contribution in [0.25, 0.3) is 57.7 Å². The molecule has 1 heterocycles. The molecule has 1 N–H and O–H groups in total. The van der Waals surface area contributed by atoms with Crippen molar-refractivity contribution in [3.8, 4) is 39.7 Å². The number of methoxy groups -OCH3 is 2. The van der Waals surface area contributed by atoms with Gasteiger partial charge in [-0.25, -0.2) is 0 Å². The second kappa shape index (κ2) is 17.5. The number of halogens is 2. The van der Waals surface area contributed by atoms with Gasteiger partial charge in [0.15, 0.2) is 11.5 Å². The van der Waals surface area contributed by atoms with Gasteiger partial charge < -0.3 is 23.5 Å². The SMILES string of the molecule is COc1cc(COc2cc3oc4cc(=O)c(Cl)cc-4c(-c4ccc(/C=C/c5ccc(/C=C/c6ccc(N(C)C)cc6)cc5)cc4S(=O)(=O)O)c3cc2Cl)c([N+](=O)[O-])cc1OC. The first kappa shape index (κ1) is 42.5. The summed E-state index contributed by atoms with van der Waals surface area (Å²) in [7, 11) is 1.87. The van der Waals surface area contributed by atoms with Crippen LogP contribution in [0.15, 0.2) is 117 Å². The Hall–Kier alpha value is -6.64. The lowest BCUT2D eigenvalue weighted by atomic mass is 9.93. The summed E-state index contributed by atoms with van der Waals surface area (Å²) in [6, 6.07) is 28.6. The van der Waals surface area contributed by atoms with Crippen LogP contribution in [0.2, 0.25) is 10.0 Å². The van der Waals surface area contributed by atoms with Crippen LogP contribution < -0.4 is 24.5 Å². The summed E-state index contributed by atoms with van der Waals surface area (Å²) in [5.74, 6) is 0.499. The normalized spacial score (nSPS) is 11.8. The Kier molecular flexibility index (Phi) is 12.2. The second-order valence-electron chi connectivity index (χ2n) is 14.0. The molecule has 61 heavy (non-hydrogen) atoms. The number of nitro groups is 1. The summed E-state index contributed by atoms with van der Waals surface area (Å²) in [4.78, 5) is 25.7. The van der Waals surface area contributed by atoms with Crippen molar-refractivity contribution < 1.29 is 36.5 Å². The van der Waals surface area contributed by atoms with Crippen molar-refractivity contribution in [1.29, 1.82) is 0 Å². The highest BCUT2D eigenvalue weighted by Gasteiger charge is 2.26. The van der Waals surface area contributed by atoms with Crippen LogP contribution in [0.3, 0.4) is 0 Å². The summed E-state index contributed by atoms with van der Waals surface area (Å²) in [6.07, 6.45) is 7.58. The molecule has 310 valence electrons. The third kappa shape index (κ3) is 9.25. The van der Waals surface area contributed by atoms with Crippen molar-refractivity contribution in [2.75, 3.05) is 33.2 Å². The summed E-state index contributed by atoms with van der Waals surface area (Å²) in [6.45, 7) is -0.321. The Morgan fingerprint density at radius 1 is 0.738 bits per heavy atom. The zero-order valence-electron chi connectivity index (χ0n) is 33.0. The molecule has 1 aliphatic heterocycles. The number of rotatable bonds is 13. The van der Waals surface area contributed by atoms with Gasteiger partial charge in [0, 0.05) is 54.0 Å². The molecule has 1 aliphatic carbocycles. The van der Waals surface area contributed by atoms with Crippen LogP contribution in [0, 0.1) is 10.1 Å². The van der Waals surface area contributed by atoms with Crippen molar-refractivity contribution in [3.05, 3.63) is 161 Å². The monoisotopic (exact) mass is 878 g/mol. The Labute approximate surface area is 360 Å². The van der Waals surface area contributed by atoms with E-state index >= 15 is 0 Å². The van der Waals surface area contributed by atoms with Gasteiger partial charge in [-0.15, -0.1) is 0 Å². The maximum atomic E-state index is 13.1. The average molecular weight is 880 g/mol. The Morgan fingerprint density at radius 3 is 1.89 bits per heavy atom. The molecule has 15 heteroatoms. The van der Waals surface area contributed by atoms with E-state index in [4.69, 9.17) is 41.8 Å². The predicted octanol–water partition coefficient (Wildman–Crippen LogP) is 11.0. The van der Waals surface area contributed by atoms with Crippen LogP contribution in [0.5, 0.6) is 17.2 Å². The fraction of sp³-hybridized carbons (Fsp3) is 0.109. The van der Waals surface area contributed by atoms with Gasteiger partial charge >= 0.3 is 0 Å². The molecule has 0 atom stereocenters. The number of hydrogen-bond acceptors (Lipinski definition) is 10. The lowest BCUT2D eigenvalue weighted by molar-refractivity contribution is -0.385. The molecular weight excluding hydrogens is 843 g/mol. The molecule has 0 aromatic heterocycles. The molecule has 0 saturated heterocycles. The average Bonchev–Trinajstić information content (AvgIpc) is 3.24. The molecule has 0 fully saturated rings. The minimum Gasteiger partial charge on any atom is -0.493 e. The Morgan fingerprint density at radius 2 is 1.31 bits per heavy atom. The molecule has 2 aliphatic rings. The van der Waals surface area contributed by atoms with Crippen molar-refractivity contribution in [2.24, 2.45) is 0 Å². The maximum Gasteiger partial charge on any atom is 0.295 e. The zero-order valence-corrected chi connectivity index (χ0v) is 35.3. The predicted molar refractivity (Wildman–Crippen MR) is 240 cm³/mol. The maximum absolute atomic E-state index is 13.1. The molecule has 7 rings (SSSR count). The Balaban J connectivity index is 1.24. The molecular formula is C46H36Cl2N2O10S. The van der Waals surface area contributed by atoms with Gasteiger partial charge in [0.05, 0.1) is 40.8 Å². The van der Waals surface area contributed by atoms with E-state index < -0.39 is 25.4 Å². The van der Waals surface area contributed by atoms with Gasteiger partial charge in [0.25, 0.3) is 15.8 Å². The minimum absolute atomic E-state index is 0.0334. The van der Waals surface area contributed by atoms with Crippen LogP contribution >= 0.6 is 23.2 Å². The fourth-order valence-electron chi connectivity index (χ4n) is 6.69. The fourth-order valence-corrected chi connectivity index (χ4v) is 7.81. The lowest BCUT2D eigenvalue weighted by Crippen LogP contribution is -2.07. The number of benzene rings is 6. The molecule has 0 saturated carbocycles. The third-order valence-corrected chi connectivity index (χ3v) is 11.3. The summed E-state index contributed by atoms with van der Waals surface area (Å²) >= 11 is 13.1. The van der Waals surface area contributed by atoms with Crippen LogP contribution in [-0.4, -0.2) is 46.2 Å². The molecule has 5 aromatic carbocycles. The van der Waals surface area contributed by atoms with Gasteiger partial charge in [-0.2, -0.15) is 8.42 Å². The first-order chi connectivity index (χ1) is 29.1. The van der Waals surface area contributed by atoms with Gasteiger partial charge in [-0.1, -0.05) is 96.0 Å². The van der Waals surface area contributed by atoms with E-state index in [1.165, 1.54) is 56.7 Å². The van der Waals surface area contributed by atoms with Crippen LogP contribution in [0.4, 0.5) is 11.4 Å². The highest BCUT2D eigenvalue weighted by Crippen LogP contribution is 2.46. The van der Waals surface area contributed by atoms with Gasteiger partial charge in [0.2, 0.25) is 5.43 Å². The smallest absolute Gasteiger partial charge is 0.295 e. The van der Waals surface area contributed by atoms with Crippen LogP contribution in [0.1, 0.15) is 27.8 Å². The standard InChI is InChI=1S/C46H36Cl2N2O10S/c1-49(2)32-16-13-29(14-17-32)10-9-27-5-7-28(8-6-27)11-12-30-15-18-33(45(19-30)61(54,55)56)46-34-21-36(47)39(51)24-40(34)60-41-25-42(37(48)22-35(41)46)59-26-31-20-43(57-3)44(58-4)23-38(31)50(52)53/h5-25H,26H2,1-4H3,(H,54,55,56)/b10-9+,12-11+. The zero-order chi connectivity index (χ0) is 43.6. The minimum atomic E-state index is -4.86. The van der Waals surface area contributed by atoms with Gasteiger partial charge in [0.1, 0.15) is 28.6 Å². The summed E-state index contributed by atoms with van der Waals surface area (Å²) in [5, 5.41) is 12.1. The lowest BCUT2D eigenvalue weighted by Gasteiger charge is -2.19. The highest BCUT2D eigenvalue weighted by molar-refractivity contribution is 7.86. The molecule has 0 amide bonds. The van der Waals surface area contributed by atoms with Crippen molar-refractivity contribution >= 4 is 80.0 Å². The van der Waals surface area contributed by atoms with E-state index in [1.54, 1.807) is 12.1 Å². The summed E-state index contributed by atoms with van der Waals surface area (Å²) < 4.78 is 59.5. The third-order valence-electron chi connectivity index (χ3n) is 9.83. The molecule has 12 nitrogen and oxygen atoms in total. The van der Waals surface area contributed by atoms with Crippen molar-refractivity contribution in [3.63, 3.8) is 0 Å². The molecule has 0 unspecified atom stereocenters. The number of nitro benzene ring substituents is 1. The van der Waals surface area contributed by atoms with Gasteiger partial charge in [-0.3, -0.25) is 19.5 Å². The van der Waals surface area contributed by atoms with Crippen LogP contribution in [-0.2, 0) is 16.7 Å². The number of ether oxygens (including phenoxy) is 3. The number of anilines is 1. The Bertz CT molecular complexity index is 3020. The molecule has 0 bridgehead atoms. The highest BCUT2D eigenvalue weighted by atomic mass is 35.5. The topological polar surface area (TPSA) is 159 Å². The number of nitrogens with zero attached hydrogens (tertiary/aromatic N) is 2. The first-order valence-electron chi connectivity index (χ1n) is 18.4. The van der Waals surface area contributed by atoms with E-state index in [-0.39, 0.29) is 78.6 Å². The molecule has 0 spiro atoms. The van der Waals surface area contributed by atoms with E-state index in [0.717, 1.165) is 28.4 Å². The van der Waals surface area contributed by atoms with Gasteiger partial charge in [-0.05, 0) is 58.7 Å². The van der Waals surface area contributed by atoms with E-state index in [2.05, 4.69) is 12.1 Å².